The first kappa shape index (κ1) is 10.3. The van der Waals surface area contributed by atoms with Crippen LogP contribution >= 0.6 is 0 Å². The highest BCUT2D eigenvalue weighted by atomic mass is 16.2. The number of aromatic nitrogens is 4. The number of carbonyl (C=O) groups excluding carboxylic acids is 1. The molecule has 0 atom stereocenters. The van der Waals surface area contributed by atoms with Gasteiger partial charge in [-0.3, -0.25) is 4.79 Å². The zero-order chi connectivity index (χ0) is 11.5. The first-order valence-electron chi connectivity index (χ1n) is 4.74. The first-order valence-corrected chi connectivity index (χ1v) is 4.74. The number of imidazole rings is 1. The maximum atomic E-state index is 11.4. The van der Waals surface area contributed by atoms with Gasteiger partial charge in [0.05, 0.1) is 23.9 Å². The van der Waals surface area contributed by atoms with Gasteiger partial charge in [-0.25, -0.2) is 15.0 Å². The maximum Gasteiger partial charge on any atom is 0.288 e. The third kappa shape index (κ3) is 1.77. The molecule has 0 aliphatic heterocycles. The monoisotopic (exact) mass is 217 g/mol. The van der Waals surface area contributed by atoms with Crippen LogP contribution in [0.25, 0.3) is 11.4 Å². The Hall–Kier alpha value is -2.24. The summed E-state index contributed by atoms with van der Waals surface area (Å²) in [6, 6.07) is 1.74. The summed E-state index contributed by atoms with van der Waals surface area (Å²) in [7, 11) is 3.41. The highest BCUT2D eigenvalue weighted by Crippen LogP contribution is 2.14. The van der Waals surface area contributed by atoms with Crippen LogP contribution in [0.3, 0.4) is 0 Å². The van der Waals surface area contributed by atoms with E-state index in [1.165, 1.54) is 0 Å². The zero-order valence-electron chi connectivity index (χ0n) is 9.01. The topological polar surface area (TPSA) is 72.7 Å². The van der Waals surface area contributed by atoms with Crippen molar-refractivity contribution in [1.82, 2.24) is 24.8 Å². The lowest BCUT2D eigenvalue weighted by Crippen LogP contribution is -2.20. The van der Waals surface area contributed by atoms with E-state index in [1.807, 2.05) is 11.6 Å². The molecule has 0 saturated heterocycles. The first-order chi connectivity index (χ1) is 7.72. The molecule has 82 valence electrons. The summed E-state index contributed by atoms with van der Waals surface area (Å²) in [4.78, 5) is 23.4. The van der Waals surface area contributed by atoms with Gasteiger partial charge in [-0.2, -0.15) is 0 Å². The van der Waals surface area contributed by atoms with Crippen molar-refractivity contribution in [2.75, 3.05) is 7.05 Å². The summed E-state index contributed by atoms with van der Waals surface area (Å²) in [5, 5.41) is 2.48. The molecular formula is C10H11N5O. The van der Waals surface area contributed by atoms with Gasteiger partial charge in [0.1, 0.15) is 0 Å². The molecule has 0 fully saturated rings. The second-order valence-corrected chi connectivity index (χ2v) is 3.23. The number of rotatable bonds is 2. The standard InChI is InChI=1S/C10H11N5O/c1-11-10(16)9-13-4-3-7(14-9)8-5-12-6-15(8)2/h3-6H,1-2H3,(H,11,16). The molecule has 1 N–H and O–H groups in total. The third-order valence-electron chi connectivity index (χ3n) is 2.16. The Morgan fingerprint density at radius 3 is 2.94 bits per heavy atom. The second kappa shape index (κ2) is 4.09. The van der Waals surface area contributed by atoms with E-state index in [0.717, 1.165) is 5.69 Å². The molecule has 0 aliphatic carbocycles. The fourth-order valence-corrected chi connectivity index (χ4v) is 1.33. The van der Waals surface area contributed by atoms with Crippen LogP contribution < -0.4 is 5.32 Å². The molecule has 6 heteroatoms. The average Bonchev–Trinajstić information content (AvgIpc) is 2.74. The van der Waals surface area contributed by atoms with Gasteiger partial charge in [0, 0.05) is 20.3 Å². The average molecular weight is 217 g/mol. The maximum absolute atomic E-state index is 11.4. The summed E-state index contributed by atoms with van der Waals surface area (Å²) in [5.41, 5.74) is 1.51. The van der Waals surface area contributed by atoms with Crippen LogP contribution in [0.5, 0.6) is 0 Å². The zero-order valence-corrected chi connectivity index (χ0v) is 9.01. The number of aryl methyl sites for hydroxylation is 1. The third-order valence-corrected chi connectivity index (χ3v) is 2.16. The van der Waals surface area contributed by atoms with E-state index in [-0.39, 0.29) is 11.7 Å². The molecule has 2 aromatic heterocycles. The summed E-state index contributed by atoms with van der Waals surface area (Å²) in [6.45, 7) is 0. The smallest absolute Gasteiger partial charge is 0.288 e. The fourth-order valence-electron chi connectivity index (χ4n) is 1.33. The Bertz CT molecular complexity index is 519. The van der Waals surface area contributed by atoms with Crippen molar-refractivity contribution in [3.63, 3.8) is 0 Å². The van der Waals surface area contributed by atoms with Gasteiger partial charge in [0.25, 0.3) is 5.91 Å². The van der Waals surface area contributed by atoms with E-state index in [9.17, 15) is 4.79 Å². The van der Waals surface area contributed by atoms with Gasteiger partial charge in [-0.15, -0.1) is 0 Å². The number of hydrogen-bond donors (Lipinski definition) is 1. The predicted molar refractivity (Wildman–Crippen MR) is 57.6 cm³/mol. The summed E-state index contributed by atoms with van der Waals surface area (Å²) < 4.78 is 1.83. The normalized spacial score (nSPS) is 10.1. The van der Waals surface area contributed by atoms with Crippen molar-refractivity contribution < 1.29 is 4.79 Å². The molecule has 2 rings (SSSR count). The molecule has 0 radical (unpaired) electrons. The lowest BCUT2D eigenvalue weighted by Gasteiger charge is -2.03. The molecule has 0 bridgehead atoms. The molecule has 0 saturated carbocycles. The van der Waals surface area contributed by atoms with Crippen LogP contribution in [0.1, 0.15) is 10.6 Å². The van der Waals surface area contributed by atoms with Gasteiger partial charge >= 0.3 is 0 Å². The van der Waals surface area contributed by atoms with Crippen molar-refractivity contribution >= 4 is 5.91 Å². The van der Waals surface area contributed by atoms with E-state index >= 15 is 0 Å². The van der Waals surface area contributed by atoms with Crippen LogP contribution in [0.2, 0.25) is 0 Å². The van der Waals surface area contributed by atoms with Gasteiger partial charge in [0.15, 0.2) is 0 Å². The molecule has 1 amide bonds. The van der Waals surface area contributed by atoms with Crippen molar-refractivity contribution in [1.29, 1.82) is 0 Å². The van der Waals surface area contributed by atoms with Crippen molar-refractivity contribution in [3.05, 3.63) is 30.6 Å². The van der Waals surface area contributed by atoms with Gasteiger partial charge in [-0.05, 0) is 6.07 Å². The highest BCUT2D eigenvalue weighted by molar-refractivity contribution is 5.90. The quantitative estimate of drug-likeness (QED) is 0.781. The van der Waals surface area contributed by atoms with Crippen LogP contribution in [0, 0.1) is 0 Å². The minimum atomic E-state index is -0.302. The van der Waals surface area contributed by atoms with Crippen molar-refractivity contribution in [2.45, 2.75) is 0 Å². The van der Waals surface area contributed by atoms with E-state index in [4.69, 9.17) is 0 Å². The van der Waals surface area contributed by atoms with Crippen LogP contribution in [-0.2, 0) is 7.05 Å². The number of hydrogen-bond acceptors (Lipinski definition) is 4. The van der Waals surface area contributed by atoms with E-state index in [0.29, 0.717) is 5.69 Å². The lowest BCUT2D eigenvalue weighted by molar-refractivity contribution is 0.0953. The van der Waals surface area contributed by atoms with Gasteiger partial charge < -0.3 is 9.88 Å². The minimum Gasteiger partial charge on any atom is -0.352 e. The van der Waals surface area contributed by atoms with Gasteiger partial charge in [0.2, 0.25) is 5.82 Å². The minimum absolute atomic E-state index is 0.154. The van der Waals surface area contributed by atoms with E-state index in [1.54, 1.807) is 31.8 Å². The molecular weight excluding hydrogens is 206 g/mol. The van der Waals surface area contributed by atoms with E-state index < -0.39 is 0 Å². The fraction of sp³-hybridized carbons (Fsp3) is 0.200. The number of amides is 1. The molecule has 6 nitrogen and oxygen atoms in total. The Labute approximate surface area is 92.4 Å². The SMILES string of the molecule is CNC(=O)c1nccc(-c2cncn2C)n1. The number of carbonyl (C=O) groups is 1. The molecule has 0 aromatic carbocycles. The molecule has 2 heterocycles. The Kier molecular flexibility index (Phi) is 2.63. The summed E-state index contributed by atoms with van der Waals surface area (Å²) in [6.07, 6.45) is 4.92. The van der Waals surface area contributed by atoms with Crippen molar-refractivity contribution in [2.24, 2.45) is 7.05 Å². The molecule has 16 heavy (non-hydrogen) atoms. The molecule has 2 aromatic rings. The molecule has 0 unspecified atom stereocenters. The number of nitrogens with one attached hydrogen (secondary N) is 1. The van der Waals surface area contributed by atoms with Crippen molar-refractivity contribution in [3.8, 4) is 11.4 Å². The second-order valence-electron chi connectivity index (χ2n) is 3.23. The summed E-state index contributed by atoms with van der Waals surface area (Å²) >= 11 is 0. The van der Waals surface area contributed by atoms with Crippen LogP contribution in [0.4, 0.5) is 0 Å². The van der Waals surface area contributed by atoms with Crippen LogP contribution in [0.15, 0.2) is 24.8 Å². The Balaban J connectivity index is 2.44. The molecule has 0 spiro atoms. The Morgan fingerprint density at radius 2 is 2.31 bits per heavy atom. The van der Waals surface area contributed by atoms with Gasteiger partial charge in [-0.1, -0.05) is 0 Å². The Morgan fingerprint density at radius 1 is 1.50 bits per heavy atom. The largest absolute Gasteiger partial charge is 0.352 e. The van der Waals surface area contributed by atoms with Crippen LogP contribution in [-0.4, -0.2) is 32.5 Å². The molecule has 0 aliphatic rings. The van der Waals surface area contributed by atoms with E-state index in [2.05, 4.69) is 20.3 Å². The number of nitrogens with zero attached hydrogens (tertiary/aromatic N) is 4. The lowest BCUT2D eigenvalue weighted by atomic mass is 10.3. The summed E-state index contributed by atoms with van der Waals surface area (Å²) in [5.74, 6) is -0.148. The predicted octanol–water partition coefficient (Wildman–Crippen LogP) is 0.237. The highest BCUT2D eigenvalue weighted by Gasteiger charge is 2.10.